The minimum Gasteiger partial charge on any atom is -0.497 e. The minimum atomic E-state index is -4.17. The highest BCUT2D eigenvalue weighted by Gasteiger charge is 2.33. The molecule has 0 aromatic heterocycles. The van der Waals surface area contributed by atoms with E-state index in [2.05, 4.69) is 5.32 Å². The van der Waals surface area contributed by atoms with Crippen LogP contribution in [0.3, 0.4) is 0 Å². The van der Waals surface area contributed by atoms with E-state index in [0.717, 1.165) is 15.4 Å². The van der Waals surface area contributed by atoms with E-state index in [1.165, 1.54) is 24.1 Å². The van der Waals surface area contributed by atoms with Crippen molar-refractivity contribution < 1.29 is 27.5 Å². The van der Waals surface area contributed by atoms with E-state index >= 15 is 0 Å². The fourth-order valence-electron chi connectivity index (χ4n) is 4.40. The Labute approximate surface area is 249 Å². The number of sulfonamides is 1. The zero-order chi connectivity index (χ0) is 30.9. The number of rotatable bonds is 14. The molecule has 1 N–H and O–H groups in total. The van der Waals surface area contributed by atoms with Gasteiger partial charge in [0, 0.05) is 19.2 Å². The number of hydrogen-bond donors (Lipinski definition) is 1. The van der Waals surface area contributed by atoms with Crippen LogP contribution in [0.4, 0.5) is 5.69 Å². The average molecular weight is 596 g/mol. The molecule has 0 bridgehead atoms. The Morgan fingerprint density at radius 2 is 1.55 bits per heavy atom. The van der Waals surface area contributed by atoms with E-state index in [4.69, 9.17) is 9.47 Å². The van der Waals surface area contributed by atoms with Crippen LogP contribution in [0.2, 0.25) is 0 Å². The van der Waals surface area contributed by atoms with Crippen molar-refractivity contribution in [1.29, 1.82) is 0 Å². The van der Waals surface area contributed by atoms with Crippen LogP contribution in [-0.2, 0) is 26.2 Å². The van der Waals surface area contributed by atoms with Gasteiger partial charge in [-0.3, -0.25) is 13.9 Å². The molecule has 9 nitrogen and oxygen atoms in total. The molecule has 3 aromatic rings. The fourth-order valence-corrected chi connectivity index (χ4v) is 5.81. The van der Waals surface area contributed by atoms with Crippen LogP contribution in [0, 0.1) is 12.8 Å². The van der Waals surface area contributed by atoms with E-state index < -0.39 is 28.5 Å². The molecule has 0 aliphatic carbocycles. The lowest BCUT2D eigenvalue weighted by Crippen LogP contribution is -2.52. The van der Waals surface area contributed by atoms with Gasteiger partial charge in [-0.1, -0.05) is 56.7 Å². The molecular weight excluding hydrogens is 554 g/mol. The molecule has 0 fully saturated rings. The molecule has 0 heterocycles. The van der Waals surface area contributed by atoms with E-state index in [1.54, 1.807) is 55.6 Å². The number of methoxy groups -OCH3 is 2. The summed E-state index contributed by atoms with van der Waals surface area (Å²) >= 11 is 0. The van der Waals surface area contributed by atoms with Crippen LogP contribution in [0.5, 0.6) is 11.5 Å². The predicted molar refractivity (Wildman–Crippen MR) is 164 cm³/mol. The summed E-state index contributed by atoms with van der Waals surface area (Å²) in [5.41, 5.74) is 1.94. The molecule has 0 saturated heterocycles. The normalized spacial score (nSPS) is 12.0. The number of anilines is 1. The second kappa shape index (κ2) is 14.7. The summed E-state index contributed by atoms with van der Waals surface area (Å²) in [6.07, 6.45) is 0.343. The van der Waals surface area contributed by atoms with Gasteiger partial charge in [0.1, 0.15) is 24.1 Å². The van der Waals surface area contributed by atoms with Crippen molar-refractivity contribution in [2.24, 2.45) is 5.92 Å². The molecule has 3 rings (SSSR count). The van der Waals surface area contributed by atoms with Gasteiger partial charge in [0.25, 0.3) is 10.0 Å². The second-order valence-electron chi connectivity index (χ2n) is 10.5. The number of nitrogens with one attached hydrogen (secondary N) is 1. The van der Waals surface area contributed by atoms with Crippen molar-refractivity contribution in [2.45, 2.75) is 51.6 Å². The zero-order valence-electron chi connectivity index (χ0n) is 25.2. The fraction of sp³-hybridized carbons (Fsp3) is 0.375. The van der Waals surface area contributed by atoms with Gasteiger partial charge >= 0.3 is 0 Å². The first kappa shape index (κ1) is 32.5. The molecule has 2 amide bonds. The van der Waals surface area contributed by atoms with Gasteiger partial charge in [-0.25, -0.2) is 8.42 Å². The number of carbonyl (C=O) groups excluding carboxylic acids is 2. The van der Waals surface area contributed by atoms with Gasteiger partial charge < -0.3 is 19.7 Å². The highest BCUT2D eigenvalue weighted by atomic mass is 32.2. The van der Waals surface area contributed by atoms with E-state index in [-0.39, 0.29) is 29.0 Å². The smallest absolute Gasteiger partial charge is 0.264 e. The molecule has 0 unspecified atom stereocenters. The summed E-state index contributed by atoms with van der Waals surface area (Å²) in [5.74, 6) is 0.518. The Balaban J connectivity index is 2.06. The van der Waals surface area contributed by atoms with Gasteiger partial charge in [-0.2, -0.15) is 0 Å². The molecule has 226 valence electrons. The lowest BCUT2D eigenvalue weighted by Gasteiger charge is -2.33. The monoisotopic (exact) mass is 595 g/mol. The van der Waals surface area contributed by atoms with Gasteiger partial charge in [-0.05, 0) is 61.2 Å². The number of benzene rings is 3. The third kappa shape index (κ3) is 8.25. The predicted octanol–water partition coefficient (Wildman–Crippen LogP) is 4.79. The third-order valence-electron chi connectivity index (χ3n) is 6.81. The Hall–Kier alpha value is -4.05. The van der Waals surface area contributed by atoms with Crippen LogP contribution in [0.15, 0.2) is 77.7 Å². The van der Waals surface area contributed by atoms with Crippen molar-refractivity contribution >= 4 is 27.5 Å². The molecule has 3 aromatic carbocycles. The highest BCUT2D eigenvalue weighted by Crippen LogP contribution is 2.28. The zero-order valence-corrected chi connectivity index (χ0v) is 26.0. The number of aryl methyl sites for hydroxylation is 1. The number of hydrogen-bond acceptors (Lipinski definition) is 6. The Morgan fingerprint density at radius 3 is 2.12 bits per heavy atom. The molecule has 42 heavy (non-hydrogen) atoms. The van der Waals surface area contributed by atoms with Crippen LogP contribution < -0.4 is 19.1 Å². The summed E-state index contributed by atoms with van der Waals surface area (Å²) in [6.45, 7) is 7.72. The molecule has 0 spiro atoms. The maximum Gasteiger partial charge on any atom is 0.264 e. The van der Waals surface area contributed by atoms with Gasteiger partial charge in [0.2, 0.25) is 11.8 Å². The van der Waals surface area contributed by atoms with Crippen LogP contribution in [0.25, 0.3) is 0 Å². The van der Waals surface area contributed by atoms with Crippen molar-refractivity contribution in [1.82, 2.24) is 10.2 Å². The first-order valence-corrected chi connectivity index (χ1v) is 15.4. The van der Waals surface area contributed by atoms with Crippen LogP contribution in [0.1, 0.15) is 38.3 Å². The third-order valence-corrected chi connectivity index (χ3v) is 8.60. The van der Waals surface area contributed by atoms with Gasteiger partial charge in [0.05, 0.1) is 24.8 Å². The second-order valence-corrected chi connectivity index (χ2v) is 12.3. The van der Waals surface area contributed by atoms with Crippen molar-refractivity contribution in [3.63, 3.8) is 0 Å². The van der Waals surface area contributed by atoms with E-state index in [1.807, 2.05) is 39.8 Å². The molecule has 10 heteroatoms. The van der Waals surface area contributed by atoms with Crippen molar-refractivity contribution in [3.8, 4) is 11.5 Å². The standard InChI is InChI=1S/C32H41N3O6S/c1-7-30(32(37)33-20-23(2)3)34(21-25-13-15-27(40-5)16-14-25)31(36)22-35(26-9-8-10-28(19-26)41-6)42(38,39)29-17-11-24(4)12-18-29/h8-19,23,30H,7,20-22H2,1-6H3,(H,33,37)/t30-/m1/s1. The summed E-state index contributed by atoms with van der Waals surface area (Å²) < 4.78 is 39.7. The largest absolute Gasteiger partial charge is 0.497 e. The van der Waals surface area contributed by atoms with Crippen molar-refractivity contribution in [3.05, 3.63) is 83.9 Å². The first-order chi connectivity index (χ1) is 20.0. The molecule has 0 aliphatic heterocycles. The summed E-state index contributed by atoms with van der Waals surface area (Å²) in [7, 11) is -1.11. The Bertz CT molecular complexity index is 1440. The van der Waals surface area contributed by atoms with E-state index in [9.17, 15) is 18.0 Å². The summed E-state index contributed by atoms with van der Waals surface area (Å²) in [5, 5.41) is 2.93. The topological polar surface area (TPSA) is 105 Å². The van der Waals surface area contributed by atoms with Crippen molar-refractivity contribution in [2.75, 3.05) is 31.6 Å². The highest BCUT2D eigenvalue weighted by molar-refractivity contribution is 7.92. The average Bonchev–Trinajstić information content (AvgIpc) is 2.99. The SMILES string of the molecule is CC[C@H](C(=O)NCC(C)C)N(Cc1ccc(OC)cc1)C(=O)CN(c1cccc(OC)c1)S(=O)(=O)c1ccc(C)cc1. The number of ether oxygens (including phenoxy) is 2. The quantitative estimate of drug-likeness (QED) is 0.288. The summed E-state index contributed by atoms with van der Waals surface area (Å²) in [4.78, 5) is 29.0. The number of nitrogens with zero attached hydrogens (tertiary/aromatic N) is 2. The lowest BCUT2D eigenvalue weighted by molar-refractivity contribution is -0.140. The number of carbonyl (C=O) groups is 2. The van der Waals surface area contributed by atoms with Gasteiger partial charge in [0.15, 0.2) is 0 Å². The van der Waals surface area contributed by atoms with Crippen LogP contribution >= 0.6 is 0 Å². The number of amides is 2. The Kier molecular flexibility index (Phi) is 11.4. The molecule has 0 saturated carbocycles. The molecule has 0 radical (unpaired) electrons. The Morgan fingerprint density at radius 1 is 0.905 bits per heavy atom. The van der Waals surface area contributed by atoms with E-state index in [0.29, 0.717) is 24.5 Å². The minimum absolute atomic E-state index is 0.0483. The maximum atomic E-state index is 14.2. The van der Waals surface area contributed by atoms with Crippen LogP contribution in [-0.4, -0.2) is 58.5 Å². The molecule has 1 atom stereocenters. The van der Waals surface area contributed by atoms with Gasteiger partial charge in [-0.15, -0.1) is 0 Å². The molecule has 0 aliphatic rings. The molecular formula is C32H41N3O6S. The maximum absolute atomic E-state index is 14.2. The lowest BCUT2D eigenvalue weighted by atomic mass is 10.1. The first-order valence-electron chi connectivity index (χ1n) is 13.9. The summed E-state index contributed by atoms with van der Waals surface area (Å²) in [6, 6.07) is 19.4.